The Labute approximate surface area is 99.8 Å². The van der Waals surface area contributed by atoms with Crippen molar-refractivity contribution in [3.63, 3.8) is 0 Å². The maximum atomic E-state index is 3.53. The molecule has 1 aliphatic carbocycles. The number of rotatable bonds is 3. The molecule has 0 bridgehead atoms. The highest BCUT2D eigenvalue weighted by Gasteiger charge is 2.26. The molecule has 1 saturated carbocycles. The number of hydrogen-bond acceptors (Lipinski definition) is 2. The molecule has 2 nitrogen and oxygen atoms in total. The van der Waals surface area contributed by atoms with Crippen LogP contribution in [0.4, 0.5) is 0 Å². The van der Waals surface area contributed by atoms with Gasteiger partial charge >= 0.3 is 0 Å². The molecule has 2 rings (SSSR count). The van der Waals surface area contributed by atoms with Gasteiger partial charge in [0.25, 0.3) is 0 Å². The summed E-state index contributed by atoms with van der Waals surface area (Å²) in [6.45, 7) is 5.36. The Hall–Kier alpha value is -0.520. The van der Waals surface area contributed by atoms with E-state index in [-0.39, 0.29) is 0 Å². The first-order chi connectivity index (χ1) is 7.90. The lowest BCUT2D eigenvalue weighted by Crippen LogP contribution is -2.45. The molecule has 1 saturated heterocycles. The molecular formula is C14H24N2. The topological polar surface area (TPSA) is 15.3 Å². The molecule has 0 amide bonds. The van der Waals surface area contributed by atoms with E-state index < -0.39 is 0 Å². The van der Waals surface area contributed by atoms with Crippen molar-refractivity contribution in [1.82, 2.24) is 10.2 Å². The van der Waals surface area contributed by atoms with E-state index in [4.69, 9.17) is 0 Å². The Kier molecular flexibility index (Phi) is 4.69. The molecule has 0 aromatic carbocycles. The minimum absolute atomic E-state index is 0.707. The van der Waals surface area contributed by atoms with Crippen LogP contribution in [-0.4, -0.2) is 36.6 Å². The van der Waals surface area contributed by atoms with Gasteiger partial charge in [-0.25, -0.2) is 0 Å². The van der Waals surface area contributed by atoms with Crippen LogP contribution < -0.4 is 5.32 Å². The van der Waals surface area contributed by atoms with Crippen molar-refractivity contribution in [2.75, 3.05) is 19.6 Å². The van der Waals surface area contributed by atoms with Gasteiger partial charge in [0.15, 0.2) is 0 Å². The van der Waals surface area contributed by atoms with Gasteiger partial charge in [-0.05, 0) is 45.7 Å². The Bertz CT molecular complexity index is 250. The predicted octanol–water partition coefficient (Wildman–Crippen LogP) is 2.01. The third kappa shape index (κ3) is 3.23. The molecule has 0 radical (unpaired) electrons. The van der Waals surface area contributed by atoms with Crippen molar-refractivity contribution < 1.29 is 0 Å². The maximum absolute atomic E-state index is 3.53. The average molecular weight is 220 g/mol. The van der Waals surface area contributed by atoms with E-state index in [1.807, 2.05) is 6.92 Å². The van der Waals surface area contributed by atoms with Gasteiger partial charge in [-0.1, -0.05) is 18.8 Å². The fourth-order valence-electron chi connectivity index (χ4n) is 3.02. The first-order valence-corrected chi connectivity index (χ1v) is 6.77. The number of hydrogen-bond donors (Lipinski definition) is 1. The molecule has 0 spiro atoms. The summed E-state index contributed by atoms with van der Waals surface area (Å²) in [5.74, 6) is 6.03. The summed E-state index contributed by atoms with van der Waals surface area (Å²) >= 11 is 0. The standard InChI is InChI=1S/C14H24N2/c1-2-3-10-15-13-8-11-16(12-9-13)14-6-4-5-7-14/h13-15H,4-12H2,1H3. The van der Waals surface area contributed by atoms with E-state index in [0.717, 1.165) is 12.6 Å². The van der Waals surface area contributed by atoms with Gasteiger partial charge < -0.3 is 10.2 Å². The van der Waals surface area contributed by atoms with Gasteiger partial charge in [0.1, 0.15) is 0 Å². The molecule has 2 fully saturated rings. The molecule has 2 aliphatic rings. The lowest BCUT2D eigenvalue weighted by atomic mass is 10.0. The van der Waals surface area contributed by atoms with Crippen LogP contribution in [-0.2, 0) is 0 Å². The van der Waals surface area contributed by atoms with E-state index in [2.05, 4.69) is 22.1 Å². The molecule has 90 valence electrons. The number of nitrogens with one attached hydrogen (secondary N) is 1. The van der Waals surface area contributed by atoms with Gasteiger partial charge in [-0.2, -0.15) is 0 Å². The first kappa shape index (κ1) is 12.0. The minimum atomic E-state index is 0.707. The summed E-state index contributed by atoms with van der Waals surface area (Å²) in [5, 5.41) is 3.53. The highest BCUT2D eigenvalue weighted by molar-refractivity contribution is 4.98. The van der Waals surface area contributed by atoms with Crippen LogP contribution in [0.3, 0.4) is 0 Å². The molecule has 16 heavy (non-hydrogen) atoms. The second kappa shape index (κ2) is 6.27. The average Bonchev–Trinajstić information content (AvgIpc) is 2.84. The maximum Gasteiger partial charge on any atom is 0.0578 e. The summed E-state index contributed by atoms with van der Waals surface area (Å²) in [6, 6.07) is 1.62. The van der Waals surface area contributed by atoms with Crippen LogP contribution in [0.1, 0.15) is 45.4 Å². The van der Waals surface area contributed by atoms with Crippen molar-refractivity contribution in [2.24, 2.45) is 0 Å². The van der Waals surface area contributed by atoms with Crippen molar-refractivity contribution in [2.45, 2.75) is 57.5 Å². The molecule has 0 atom stereocenters. The molecule has 1 aliphatic heterocycles. The molecule has 1 heterocycles. The summed E-state index contributed by atoms with van der Waals surface area (Å²) in [6.07, 6.45) is 8.41. The van der Waals surface area contributed by atoms with Crippen LogP contribution in [0.15, 0.2) is 0 Å². The number of likely N-dealkylation sites (tertiary alicyclic amines) is 1. The fraction of sp³-hybridized carbons (Fsp3) is 0.857. The highest BCUT2D eigenvalue weighted by Crippen LogP contribution is 2.25. The Morgan fingerprint density at radius 2 is 1.81 bits per heavy atom. The third-order valence-electron chi connectivity index (χ3n) is 4.03. The van der Waals surface area contributed by atoms with Crippen LogP contribution in [0.5, 0.6) is 0 Å². The van der Waals surface area contributed by atoms with Crippen molar-refractivity contribution in [1.29, 1.82) is 0 Å². The third-order valence-corrected chi connectivity index (χ3v) is 4.03. The SMILES string of the molecule is CC#CCNC1CCN(C2CCCC2)CC1. The van der Waals surface area contributed by atoms with Crippen molar-refractivity contribution in [3.05, 3.63) is 0 Å². The molecule has 2 heteroatoms. The molecule has 0 unspecified atom stereocenters. The zero-order chi connectivity index (χ0) is 11.2. The molecular weight excluding hydrogens is 196 g/mol. The molecule has 0 aromatic heterocycles. The normalized spacial score (nSPS) is 24.3. The number of piperidine rings is 1. The predicted molar refractivity (Wildman–Crippen MR) is 68.3 cm³/mol. The van der Waals surface area contributed by atoms with Crippen LogP contribution in [0.25, 0.3) is 0 Å². The van der Waals surface area contributed by atoms with E-state index in [1.54, 1.807) is 0 Å². The second-order valence-electron chi connectivity index (χ2n) is 5.06. The van der Waals surface area contributed by atoms with Crippen molar-refractivity contribution >= 4 is 0 Å². The first-order valence-electron chi connectivity index (χ1n) is 6.77. The monoisotopic (exact) mass is 220 g/mol. The van der Waals surface area contributed by atoms with E-state index >= 15 is 0 Å². The lowest BCUT2D eigenvalue weighted by Gasteiger charge is -2.36. The smallest absolute Gasteiger partial charge is 0.0578 e. The second-order valence-corrected chi connectivity index (χ2v) is 5.06. The van der Waals surface area contributed by atoms with Gasteiger partial charge in [0.2, 0.25) is 0 Å². The summed E-state index contributed by atoms with van der Waals surface area (Å²) in [7, 11) is 0. The van der Waals surface area contributed by atoms with Crippen LogP contribution >= 0.6 is 0 Å². The quantitative estimate of drug-likeness (QED) is 0.732. The van der Waals surface area contributed by atoms with Gasteiger partial charge in [0.05, 0.1) is 6.54 Å². The highest BCUT2D eigenvalue weighted by atomic mass is 15.2. The zero-order valence-corrected chi connectivity index (χ0v) is 10.5. The largest absolute Gasteiger partial charge is 0.303 e. The Morgan fingerprint density at radius 3 is 2.44 bits per heavy atom. The van der Waals surface area contributed by atoms with Crippen LogP contribution in [0, 0.1) is 11.8 Å². The van der Waals surface area contributed by atoms with E-state index in [1.165, 1.54) is 51.6 Å². The van der Waals surface area contributed by atoms with Gasteiger partial charge in [0, 0.05) is 12.1 Å². The van der Waals surface area contributed by atoms with Gasteiger partial charge in [-0.15, -0.1) is 5.92 Å². The van der Waals surface area contributed by atoms with E-state index in [0.29, 0.717) is 6.04 Å². The molecule has 0 aromatic rings. The van der Waals surface area contributed by atoms with Crippen LogP contribution in [0.2, 0.25) is 0 Å². The summed E-state index contributed by atoms with van der Waals surface area (Å²) in [5.41, 5.74) is 0. The van der Waals surface area contributed by atoms with Crippen molar-refractivity contribution in [3.8, 4) is 11.8 Å². The Morgan fingerprint density at radius 1 is 1.12 bits per heavy atom. The lowest BCUT2D eigenvalue weighted by molar-refractivity contribution is 0.146. The number of nitrogens with zero attached hydrogens (tertiary/aromatic N) is 1. The minimum Gasteiger partial charge on any atom is -0.303 e. The summed E-state index contributed by atoms with van der Waals surface area (Å²) in [4.78, 5) is 2.72. The summed E-state index contributed by atoms with van der Waals surface area (Å²) < 4.78 is 0. The molecule has 1 N–H and O–H groups in total. The fourth-order valence-corrected chi connectivity index (χ4v) is 3.02. The zero-order valence-electron chi connectivity index (χ0n) is 10.5. The van der Waals surface area contributed by atoms with Gasteiger partial charge in [-0.3, -0.25) is 0 Å². The van der Waals surface area contributed by atoms with E-state index in [9.17, 15) is 0 Å². The Balaban J connectivity index is 1.67.